The molecule has 0 saturated carbocycles. The summed E-state index contributed by atoms with van der Waals surface area (Å²) >= 11 is 0. The molecule has 1 amide bonds. The molecule has 1 aliphatic heterocycles. The number of hydrogen-bond donors (Lipinski definition) is 1. The van der Waals surface area contributed by atoms with Crippen LogP contribution in [0.1, 0.15) is 44.7 Å². The van der Waals surface area contributed by atoms with Gasteiger partial charge in [0.2, 0.25) is 15.9 Å². The molecule has 5 nitrogen and oxygen atoms in total. The van der Waals surface area contributed by atoms with Crippen LogP contribution in [-0.4, -0.2) is 37.8 Å². The predicted molar refractivity (Wildman–Crippen MR) is 99.8 cm³/mol. The van der Waals surface area contributed by atoms with Crippen molar-refractivity contribution in [2.24, 2.45) is 11.8 Å². The number of amides is 1. The molecule has 1 heterocycles. The Labute approximate surface area is 151 Å². The summed E-state index contributed by atoms with van der Waals surface area (Å²) in [6.07, 6.45) is 1.14. The molecule has 0 unspecified atom stereocenters. The highest BCUT2D eigenvalue weighted by Gasteiger charge is 2.33. The van der Waals surface area contributed by atoms with Gasteiger partial charge in [0.05, 0.1) is 4.90 Å². The monoisotopic (exact) mass is 366 g/mol. The highest BCUT2D eigenvalue weighted by Crippen LogP contribution is 2.26. The summed E-state index contributed by atoms with van der Waals surface area (Å²) in [4.78, 5) is 12.7. The van der Waals surface area contributed by atoms with Crippen molar-refractivity contribution in [3.8, 4) is 0 Å². The van der Waals surface area contributed by atoms with Crippen LogP contribution in [0.15, 0.2) is 23.1 Å². The van der Waals surface area contributed by atoms with E-state index >= 15 is 0 Å². The zero-order chi connectivity index (χ0) is 18.8. The highest BCUT2D eigenvalue weighted by atomic mass is 32.2. The van der Waals surface area contributed by atoms with Gasteiger partial charge in [-0.05, 0) is 56.7 Å². The van der Waals surface area contributed by atoms with Crippen LogP contribution in [0, 0.1) is 25.7 Å². The first-order chi connectivity index (χ1) is 11.6. The molecule has 1 aromatic rings. The van der Waals surface area contributed by atoms with E-state index in [1.807, 2.05) is 32.9 Å². The van der Waals surface area contributed by atoms with E-state index in [0.29, 0.717) is 36.7 Å². The van der Waals surface area contributed by atoms with Gasteiger partial charge < -0.3 is 5.32 Å². The number of carbonyl (C=O) groups excluding carboxylic acids is 1. The van der Waals surface area contributed by atoms with Gasteiger partial charge in [0.25, 0.3) is 0 Å². The largest absolute Gasteiger partial charge is 0.353 e. The van der Waals surface area contributed by atoms with Crippen molar-refractivity contribution in [2.45, 2.75) is 58.4 Å². The molecule has 140 valence electrons. The van der Waals surface area contributed by atoms with Gasteiger partial charge >= 0.3 is 0 Å². The van der Waals surface area contributed by atoms with Gasteiger partial charge in [-0.3, -0.25) is 4.79 Å². The fourth-order valence-electron chi connectivity index (χ4n) is 2.99. The van der Waals surface area contributed by atoms with Crippen molar-refractivity contribution in [1.82, 2.24) is 9.62 Å². The van der Waals surface area contributed by atoms with Crippen LogP contribution in [0.4, 0.5) is 0 Å². The van der Waals surface area contributed by atoms with Crippen molar-refractivity contribution >= 4 is 15.9 Å². The van der Waals surface area contributed by atoms with Crippen LogP contribution >= 0.6 is 0 Å². The average molecular weight is 367 g/mol. The Hall–Kier alpha value is -1.40. The fourth-order valence-corrected chi connectivity index (χ4v) is 4.77. The van der Waals surface area contributed by atoms with E-state index in [4.69, 9.17) is 0 Å². The Morgan fingerprint density at radius 1 is 1.16 bits per heavy atom. The van der Waals surface area contributed by atoms with Crippen LogP contribution in [0.25, 0.3) is 0 Å². The minimum atomic E-state index is -3.50. The van der Waals surface area contributed by atoms with Gasteiger partial charge in [-0.1, -0.05) is 26.0 Å². The number of nitrogens with one attached hydrogen (secondary N) is 1. The maximum absolute atomic E-state index is 12.9. The summed E-state index contributed by atoms with van der Waals surface area (Å²) in [6, 6.07) is 5.62. The maximum Gasteiger partial charge on any atom is 0.243 e. The second-order valence-corrected chi connectivity index (χ2v) is 9.39. The Morgan fingerprint density at radius 2 is 1.76 bits per heavy atom. The second-order valence-electron chi connectivity index (χ2n) is 7.49. The van der Waals surface area contributed by atoms with Crippen molar-refractivity contribution in [1.29, 1.82) is 0 Å². The number of benzene rings is 1. The van der Waals surface area contributed by atoms with E-state index in [9.17, 15) is 13.2 Å². The van der Waals surface area contributed by atoms with E-state index in [0.717, 1.165) is 11.1 Å². The van der Waals surface area contributed by atoms with E-state index in [1.165, 1.54) is 4.31 Å². The van der Waals surface area contributed by atoms with Gasteiger partial charge in [0, 0.05) is 25.0 Å². The highest BCUT2D eigenvalue weighted by molar-refractivity contribution is 7.89. The SMILES string of the molecule is Cc1ccc(C)c(S(=O)(=O)N2CCC(C(=O)N[C@@H](C)C(C)C)CC2)c1. The zero-order valence-corrected chi connectivity index (χ0v) is 16.7. The molecule has 0 aliphatic carbocycles. The van der Waals surface area contributed by atoms with Gasteiger partial charge in [0.1, 0.15) is 0 Å². The Kier molecular flexibility index (Phi) is 6.27. The van der Waals surface area contributed by atoms with Gasteiger partial charge in [-0.15, -0.1) is 0 Å². The maximum atomic E-state index is 12.9. The number of rotatable bonds is 5. The number of aryl methyl sites for hydroxylation is 2. The number of hydrogen-bond acceptors (Lipinski definition) is 3. The molecule has 1 saturated heterocycles. The van der Waals surface area contributed by atoms with Crippen LogP contribution in [0.3, 0.4) is 0 Å². The first-order valence-electron chi connectivity index (χ1n) is 9.00. The van der Waals surface area contributed by atoms with Crippen LogP contribution in [-0.2, 0) is 14.8 Å². The number of piperidine rings is 1. The number of carbonyl (C=O) groups is 1. The normalized spacial score (nSPS) is 18.3. The standard InChI is InChI=1S/C19H30N2O3S/c1-13(2)16(5)20-19(22)17-8-10-21(11-9-17)25(23,24)18-12-14(3)6-7-15(18)4/h6-7,12-13,16-17H,8-11H2,1-5H3,(H,20,22)/t16-/m0/s1. The van der Waals surface area contributed by atoms with Crippen LogP contribution in [0.2, 0.25) is 0 Å². The lowest BCUT2D eigenvalue weighted by Crippen LogP contribution is -2.45. The average Bonchev–Trinajstić information content (AvgIpc) is 2.56. The Balaban J connectivity index is 2.04. The van der Waals surface area contributed by atoms with Crippen LogP contribution < -0.4 is 5.32 Å². The van der Waals surface area contributed by atoms with Crippen molar-refractivity contribution < 1.29 is 13.2 Å². The molecule has 0 bridgehead atoms. The second kappa shape index (κ2) is 7.87. The summed E-state index contributed by atoms with van der Waals surface area (Å²) in [5, 5.41) is 3.04. The molecular weight excluding hydrogens is 336 g/mol. The van der Waals surface area contributed by atoms with E-state index in [-0.39, 0.29) is 17.9 Å². The first kappa shape index (κ1) is 19.9. The summed E-state index contributed by atoms with van der Waals surface area (Å²) in [7, 11) is -3.50. The van der Waals surface area contributed by atoms with E-state index in [1.54, 1.807) is 6.07 Å². The third kappa shape index (κ3) is 4.61. The quantitative estimate of drug-likeness (QED) is 0.871. The van der Waals surface area contributed by atoms with Crippen molar-refractivity contribution in [2.75, 3.05) is 13.1 Å². The molecule has 1 atom stereocenters. The summed E-state index contributed by atoms with van der Waals surface area (Å²) < 4.78 is 27.4. The smallest absolute Gasteiger partial charge is 0.243 e. The molecule has 2 rings (SSSR count). The lowest BCUT2D eigenvalue weighted by molar-refractivity contribution is -0.127. The zero-order valence-electron chi connectivity index (χ0n) is 15.9. The number of sulfonamides is 1. The van der Waals surface area contributed by atoms with E-state index in [2.05, 4.69) is 19.2 Å². The van der Waals surface area contributed by atoms with Gasteiger partial charge in [0.15, 0.2) is 0 Å². The third-order valence-electron chi connectivity index (χ3n) is 5.16. The Morgan fingerprint density at radius 3 is 2.32 bits per heavy atom. The minimum Gasteiger partial charge on any atom is -0.353 e. The number of nitrogens with zero attached hydrogens (tertiary/aromatic N) is 1. The molecule has 0 aromatic heterocycles. The summed E-state index contributed by atoms with van der Waals surface area (Å²) in [6.45, 7) is 10.6. The molecule has 0 spiro atoms. The van der Waals surface area contributed by atoms with Crippen molar-refractivity contribution in [3.05, 3.63) is 29.3 Å². The Bertz CT molecular complexity index is 720. The van der Waals surface area contributed by atoms with Gasteiger partial charge in [-0.25, -0.2) is 8.42 Å². The molecule has 25 heavy (non-hydrogen) atoms. The molecule has 1 aliphatic rings. The molecule has 1 N–H and O–H groups in total. The minimum absolute atomic E-state index is 0.0463. The fraction of sp³-hybridized carbons (Fsp3) is 0.632. The molecule has 1 fully saturated rings. The molecular formula is C19H30N2O3S. The topological polar surface area (TPSA) is 66.5 Å². The molecule has 6 heteroatoms. The van der Waals surface area contributed by atoms with Gasteiger partial charge in [-0.2, -0.15) is 4.31 Å². The summed E-state index contributed by atoms with van der Waals surface area (Å²) in [5.41, 5.74) is 1.69. The predicted octanol–water partition coefficient (Wildman–Crippen LogP) is 2.86. The van der Waals surface area contributed by atoms with Crippen LogP contribution in [0.5, 0.6) is 0 Å². The lowest BCUT2D eigenvalue weighted by atomic mass is 9.96. The first-order valence-corrected chi connectivity index (χ1v) is 10.4. The molecule has 1 aromatic carbocycles. The molecule has 0 radical (unpaired) electrons. The third-order valence-corrected chi connectivity index (χ3v) is 7.20. The lowest BCUT2D eigenvalue weighted by Gasteiger charge is -2.32. The van der Waals surface area contributed by atoms with Crippen molar-refractivity contribution in [3.63, 3.8) is 0 Å². The van der Waals surface area contributed by atoms with E-state index < -0.39 is 10.0 Å². The summed E-state index contributed by atoms with van der Waals surface area (Å²) in [5.74, 6) is 0.324.